The molecule has 1 aromatic carbocycles. The first-order chi connectivity index (χ1) is 17.9. The molecule has 0 fully saturated rings. The fourth-order valence-corrected chi connectivity index (χ4v) is 6.01. The Bertz CT molecular complexity index is 1360. The van der Waals surface area contributed by atoms with E-state index in [1.165, 1.54) is 46.9 Å². The summed E-state index contributed by atoms with van der Waals surface area (Å²) in [4.78, 5) is 32.8. The number of nitrogens with one attached hydrogen (secondary N) is 1. The zero-order valence-electron chi connectivity index (χ0n) is 21.1. The topological polar surface area (TPSA) is 116 Å². The summed E-state index contributed by atoms with van der Waals surface area (Å²) in [6.45, 7) is 4.32. The first kappa shape index (κ1) is 24.8. The highest BCUT2D eigenvalue weighted by Crippen LogP contribution is 2.48. The van der Waals surface area contributed by atoms with Crippen molar-refractivity contribution in [2.24, 2.45) is 11.7 Å². The van der Waals surface area contributed by atoms with Crippen LogP contribution in [0.1, 0.15) is 84.1 Å². The van der Waals surface area contributed by atoms with Crippen molar-refractivity contribution in [3.05, 3.63) is 82.5 Å². The lowest BCUT2D eigenvalue weighted by Gasteiger charge is -2.29. The molecule has 2 heterocycles. The average Bonchev–Trinajstić information content (AvgIpc) is 3.49. The number of primary amides is 1. The summed E-state index contributed by atoms with van der Waals surface area (Å²) in [5, 5.41) is 7.74. The molecule has 8 nitrogen and oxygen atoms in total. The maximum atomic E-state index is 13.4. The maximum Gasteiger partial charge on any atom is 0.272 e. The Morgan fingerprint density at radius 1 is 1.19 bits per heavy atom. The lowest BCUT2D eigenvalue weighted by Crippen LogP contribution is -2.38. The molecule has 3 atom stereocenters. The van der Waals surface area contributed by atoms with E-state index in [2.05, 4.69) is 34.2 Å². The molecule has 2 aliphatic rings. The number of fused-ring (bicyclic) bond motifs is 1. The fraction of sp³-hybridized carbons (Fsp3) is 0.393. The van der Waals surface area contributed by atoms with Gasteiger partial charge in [-0.1, -0.05) is 31.4 Å². The monoisotopic (exact) mass is 502 g/mol. The largest absolute Gasteiger partial charge is 0.364 e. The van der Waals surface area contributed by atoms with Crippen molar-refractivity contribution in [1.29, 1.82) is 0 Å². The predicted molar refractivity (Wildman–Crippen MR) is 137 cm³/mol. The lowest BCUT2D eigenvalue weighted by molar-refractivity contribution is 0.0908. The molecule has 0 radical (unpaired) electrons. The Labute approximate surface area is 215 Å². The van der Waals surface area contributed by atoms with Crippen molar-refractivity contribution in [2.75, 3.05) is 0 Å². The molecule has 2 amide bonds. The number of amides is 2. The van der Waals surface area contributed by atoms with Crippen LogP contribution in [0.3, 0.4) is 0 Å². The minimum absolute atomic E-state index is 0.0358. The molecule has 0 saturated carbocycles. The number of aromatic nitrogens is 4. The molecule has 0 saturated heterocycles. The van der Waals surface area contributed by atoms with Crippen LogP contribution in [-0.4, -0.2) is 37.6 Å². The van der Waals surface area contributed by atoms with Gasteiger partial charge in [-0.05, 0) is 55.9 Å². The summed E-state index contributed by atoms with van der Waals surface area (Å²) in [6, 6.07) is 6.37. The molecule has 9 heteroatoms. The number of halogens is 1. The van der Waals surface area contributed by atoms with Crippen LogP contribution in [-0.2, 0) is 6.42 Å². The van der Waals surface area contributed by atoms with Crippen molar-refractivity contribution >= 4 is 11.8 Å². The SMILES string of the molecule is CCCC(C[C@H]1CCC2=C1[C@@H](C)c1cnn(-c3ccc(F)cc3)c1C2)NC(=O)c1nccnc1C(N)=O. The summed E-state index contributed by atoms with van der Waals surface area (Å²) in [6.07, 6.45) is 10.1. The molecule has 2 aromatic heterocycles. The number of hydrogen-bond acceptors (Lipinski definition) is 5. The molecule has 3 N–H and O–H groups in total. The van der Waals surface area contributed by atoms with Gasteiger partial charge in [0.25, 0.3) is 11.8 Å². The van der Waals surface area contributed by atoms with E-state index in [9.17, 15) is 14.0 Å². The third-order valence-electron chi connectivity index (χ3n) is 7.62. The van der Waals surface area contributed by atoms with E-state index in [0.29, 0.717) is 5.92 Å². The van der Waals surface area contributed by atoms with E-state index in [4.69, 9.17) is 5.73 Å². The van der Waals surface area contributed by atoms with Gasteiger partial charge in [-0.3, -0.25) is 9.59 Å². The van der Waals surface area contributed by atoms with Crippen molar-refractivity contribution in [1.82, 2.24) is 25.1 Å². The molecule has 0 aliphatic heterocycles. The van der Waals surface area contributed by atoms with Crippen LogP contribution in [0.25, 0.3) is 5.69 Å². The highest BCUT2D eigenvalue weighted by atomic mass is 19.1. The van der Waals surface area contributed by atoms with Crippen LogP contribution in [0.15, 0.2) is 54.0 Å². The summed E-state index contributed by atoms with van der Waals surface area (Å²) in [5.41, 5.74) is 11.4. The van der Waals surface area contributed by atoms with Gasteiger partial charge in [0.15, 0.2) is 11.4 Å². The normalized spacial score (nSPS) is 19.3. The summed E-state index contributed by atoms with van der Waals surface area (Å²) in [7, 11) is 0. The molecular weight excluding hydrogens is 471 g/mol. The third-order valence-corrected chi connectivity index (χ3v) is 7.62. The van der Waals surface area contributed by atoms with Gasteiger partial charge in [0.1, 0.15) is 5.82 Å². The first-order valence-corrected chi connectivity index (χ1v) is 12.8. The number of carbonyl (C=O) groups is 2. The minimum Gasteiger partial charge on any atom is -0.364 e. The Balaban J connectivity index is 1.35. The van der Waals surface area contributed by atoms with Crippen molar-refractivity contribution in [3.63, 3.8) is 0 Å². The number of carbonyl (C=O) groups excluding carboxylic acids is 2. The second-order valence-electron chi connectivity index (χ2n) is 9.94. The summed E-state index contributed by atoms with van der Waals surface area (Å²) < 4.78 is 15.4. The van der Waals surface area contributed by atoms with Crippen LogP contribution in [0.4, 0.5) is 4.39 Å². The molecule has 1 unspecified atom stereocenters. The molecular formula is C28H31FN6O2. The van der Waals surface area contributed by atoms with Crippen LogP contribution < -0.4 is 11.1 Å². The Hall–Kier alpha value is -3.88. The van der Waals surface area contributed by atoms with Crippen LogP contribution in [0, 0.1) is 11.7 Å². The molecule has 0 spiro atoms. The standard InChI is InChI=1S/C28H31FN6O2/c1-3-4-20(34-28(37)26-25(27(30)36)31-11-12-32-26)13-17-5-6-18-14-23-22(16(2)24(17)18)15-33-35(23)21-9-7-19(29)8-10-21/h7-12,15-17,20H,3-6,13-14H2,1-2H3,(H2,30,36)(H,34,37)/t16-,17+,20?/m0/s1. The second-order valence-corrected chi connectivity index (χ2v) is 9.94. The van der Waals surface area contributed by atoms with Gasteiger partial charge in [0.2, 0.25) is 0 Å². The van der Waals surface area contributed by atoms with Gasteiger partial charge >= 0.3 is 0 Å². The van der Waals surface area contributed by atoms with Crippen molar-refractivity contribution in [2.45, 2.75) is 64.3 Å². The zero-order valence-corrected chi connectivity index (χ0v) is 21.1. The summed E-state index contributed by atoms with van der Waals surface area (Å²) >= 11 is 0. The highest BCUT2D eigenvalue weighted by Gasteiger charge is 2.37. The molecule has 192 valence electrons. The van der Waals surface area contributed by atoms with E-state index in [1.54, 1.807) is 12.1 Å². The Morgan fingerprint density at radius 3 is 2.62 bits per heavy atom. The van der Waals surface area contributed by atoms with Gasteiger partial charge in [0.05, 0.1) is 17.6 Å². The Kier molecular flexibility index (Phi) is 6.86. The number of benzene rings is 1. The number of nitrogens with zero attached hydrogens (tertiary/aromatic N) is 4. The van der Waals surface area contributed by atoms with Gasteiger partial charge in [-0.2, -0.15) is 5.10 Å². The van der Waals surface area contributed by atoms with Gasteiger partial charge in [-0.15, -0.1) is 0 Å². The number of nitrogens with two attached hydrogens (primary N) is 1. The summed E-state index contributed by atoms with van der Waals surface area (Å²) in [5.74, 6) is -0.891. The minimum atomic E-state index is -0.774. The van der Waals surface area contributed by atoms with Crippen molar-refractivity contribution in [3.8, 4) is 5.69 Å². The number of allylic oxidation sites excluding steroid dienone is 2. The Morgan fingerprint density at radius 2 is 1.92 bits per heavy atom. The first-order valence-electron chi connectivity index (χ1n) is 12.8. The van der Waals surface area contributed by atoms with Crippen LogP contribution >= 0.6 is 0 Å². The third kappa shape index (κ3) is 4.77. The average molecular weight is 503 g/mol. The quantitative estimate of drug-likeness (QED) is 0.447. The van der Waals surface area contributed by atoms with Crippen LogP contribution in [0.2, 0.25) is 0 Å². The van der Waals surface area contributed by atoms with Gasteiger partial charge < -0.3 is 11.1 Å². The second kappa shape index (κ2) is 10.2. The van der Waals surface area contributed by atoms with Gasteiger partial charge in [-0.25, -0.2) is 19.0 Å². The predicted octanol–water partition coefficient (Wildman–Crippen LogP) is 4.26. The lowest BCUT2D eigenvalue weighted by atomic mass is 9.78. The number of rotatable bonds is 8. The van der Waals surface area contributed by atoms with E-state index in [-0.39, 0.29) is 29.2 Å². The van der Waals surface area contributed by atoms with Crippen LogP contribution in [0.5, 0.6) is 0 Å². The van der Waals surface area contributed by atoms with Crippen molar-refractivity contribution < 1.29 is 14.0 Å². The molecule has 37 heavy (non-hydrogen) atoms. The van der Waals surface area contributed by atoms with E-state index in [0.717, 1.165) is 44.2 Å². The fourth-order valence-electron chi connectivity index (χ4n) is 6.01. The zero-order chi connectivity index (χ0) is 26.1. The maximum absolute atomic E-state index is 13.4. The van der Waals surface area contributed by atoms with Gasteiger partial charge in [0, 0.05) is 36.3 Å². The molecule has 5 rings (SSSR count). The number of hydrogen-bond donors (Lipinski definition) is 2. The molecule has 2 aliphatic carbocycles. The van der Waals surface area contributed by atoms with E-state index in [1.807, 2.05) is 10.9 Å². The smallest absolute Gasteiger partial charge is 0.272 e. The molecule has 0 bridgehead atoms. The molecule has 3 aromatic rings. The van der Waals surface area contributed by atoms with E-state index >= 15 is 0 Å². The van der Waals surface area contributed by atoms with E-state index < -0.39 is 11.8 Å². The highest BCUT2D eigenvalue weighted by molar-refractivity contribution is 6.04.